The third kappa shape index (κ3) is 6.73. The van der Waals surface area contributed by atoms with E-state index in [2.05, 4.69) is 15.3 Å². The van der Waals surface area contributed by atoms with Gasteiger partial charge in [-0.1, -0.05) is 31.9 Å². The summed E-state index contributed by atoms with van der Waals surface area (Å²) in [6.45, 7) is 1.66. The zero-order valence-corrected chi connectivity index (χ0v) is 19.7. The van der Waals surface area contributed by atoms with Crippen molar-refractivity contribution >= 4 is 28.7 Å². The number of amides is 1. The molecule has 0 saturated heterocycles. The maximum Gasteiger partial charge on any atom is 0.416 e. The lowest BCUT2D eigenvalue weighted by Crippen LogP contribution is -2.41. The normalized spacial score (nSPS) is 11.8. The van der Waals surface area contributed by atoms with Crippen molar-refractivity contribution < 1.29 is 22.7 Å². The van der Waals surface area contributed by atoms with Gasteiger partial charge in [-0.15, -0.1) is 0 Å². The Morgan fingerprint density at radius 2 is 1.97 bits per heavy atom. The van der Waals surface area contributed by atoms with Gasteiger partial charge in [0.25, 0.3) is 5.56 Å². The number of benzene rings is 1. The summed E-state index contributed by atoms with van der Waals surface area (Å²) in [6, 6.07) is 4.63. The zero-order chi connectivity index (χ0) is 25.6. The number of nitrogens with one attached hydrogen (secondary N) is 2. The average molecular weight is 516 g/mol. The molecule has 0 atom stereocenters. The molecule has 3 aromatic rings. The molecule has 0 aliphatic rings. The van der Waals surface area contributed by atoms with Crippen LogP contribution in [0.5, 0.6) is 0 Å². The van der Waals surface area contributed by atoms with Crippen molar-refractivity contribution in [3.63, 3.8) is 0 Å². The Balaban J connectivity index is 1.59. The van der Waals surface area contributed by atoms with Crippen molar-refractivity contribution in [2.75, 3.05) is 13.2 Å². The van der Waals surface area contributed by atoms with Crippen LogP contribution in [0.3, 0.4) is 0 Å². The minimum Gasteiger partial charge on any atom is -0.370 e. The van der Waals surface area contributed by atoms with Crippen LogP contribution in [-0.4, -0.2) is 38.2 Å². The minimum atomic E-state index is -4.47. The molecule has 2 N–H and O–H groups in total. The molecule has 3 rings (SSSR count). The largest absolute Gasteiger partial charge is 0.416 e. The van der Waals surface area contributed by atoms with Crippen LogP contribution in [0.4, 0.5) is 13.2 Å². The van der Waals surface area contributed by atoms with Crippen molar-refractivity contribution in [1.29, 1.82) is 0 Å². The van der Waals surface area contributed by atoms with E-state index >= 15 is 0 Å². The van der Waals surface area contributed by atoms with Gasteiger partial charge in [0.05, 0.1) is 18.7 Å². The van der Waals surface area contributed by atoms with Crippen molar-refractivity contribution in [3.8, 4) is 0 Å². The van der Waals surface area contributed by atoms with Gasteiger partial charge in [-0.25, -0.2) is 4.79 Å². The second kappa shape index (κ2) is 11.5. The molecule has 0 bridgehead atoms. The molecule has 0 aliphatic heterocycles. The number of imidazole rings is 1. The van der Waals surface area contributed by atoms with Crippen molar-refractivity contribution in [2.45, 2.75) is 52.0 Å². The Morgan fingerprint density at radius 3 is 2.69 bits per heavy atom. The summed E-state index contributed by atoms with van der Waals surface area (Å²) >= 11 is 5.90. The second-order valence-electron chi connectivity index (χ2n) is 7.85. The predicted molar refractivity (Wildman–Crippen MR) is 123 cm³/mol. The van der Waals surface area contributed by atoms with E-state index in [1.54, 1.807) is 0 Å². The highest BCUT2D eigenvalue weighted by molar-refractivity contribution is 6.28. The number of fused-ring (bicyclic) bond motifs is 1. The summed E-state index contributed by atoms with van der Waals surface area (Å²) in [4.78, 5) is 44.4. The molecule has 2 heterocycles. The fourth-order valence-corrected chi connectivity index (χ4v) is 3.66. The first-order valence-electron chi connectivity index (χ1n) is 11.0. The van der Waals surface area contributed by atoms with Crippen LogP contribution in [0.2, 0.25) is 5.28 Å². The fraction of sp³-hybridized carbons (Fsp3) is 0.455. The Hall–Kier alpha value is -3.12. The molecule has 0 unspecified atom stereocenters. The lowest BCUT2D eigenvalue weighted by Gasteiger charge is -2.12. The van der Waals surface area contributed by atoms with Gasteiger partial charge < -0.3 is 15.0 Å². The molecule has 1 amide bonds. The van der Waals surface area contributed by atoms with E-state index in [1.807, 2.05) is 6.92 Å². The first kappa shape index (κ1) is 26.5. The smallest absolute Gasteiger partial charge is 0.370 e. The fourth-order valence-electron chi connectivity index (χ4n) is 3.49. The third-order valence-electron chi connectivity index (χ3n) is 5.25. The minimum absolute atomic E-state index is 0.00724. The van der Waals surface area contributed by atoms with Gasteiger partial charge in [-0.05, 0) is 35.7 Å². The number of H-pyrrole nitrogens is 1. The number of carbonyl (C=O) groups is 1. The lowest BCUT2D eigenvalue weighted by molar-refractivity contribution is -0.137. The number of ether oxygens (including phenoxy) is 1. The number of halogens is 4. The van der Waals surface area contributed by atoms with Gasteiger partial charge in [0.1, 0.15) is 6.61 Å². The zero-order valence-electron chi connectivity index (χ0n) is 19.0. The van der Waals surface area contributed by atoms with E-state index < -0.39 is 35.5 Å². The topological polar surface area (TPSA) is 111 Å². The standard InChI is InChI=1S/C22H25ClF3N5O4/c1-2-3-4-8-30-18-17(28-20(23)29-18)19(33)31(21(30)34)9-10-35-13-16(32)27-12-14-6-5-7-15(11-14)22(24,25)26/h5-7,11H,2-4,8-10,12-13H2,1H3,(H,27,32)(H,28,29). The molecule has 190 valence electrons. The number of carbonyl (C=O) groups excluding carboxylic acids is 1. The van der Waals surface area contributed by atoms with Crippen LogP contribution in [0.15, 0.2) is 33.9 Å². The number of aromatic amines is 1. The monoisotopic (exact) mass is 515 g/mol. The van der Waals surface area contributed by atoms with Gasteiger partial charge in [-0.3, -0.25) is 18.7 Å². The van der Waals surface area contributed by atoms with Crippen molar-refractivity contribution in [3.05, 3.63) is 61.5 Å². The Bertz CT molecular complexity index is 1300. The first-order chi connectivity index (χ1) is 16.6. The molecule has 35 heavy (non-hydrogen) atoms. The average Bonchev–Trinajstić information content (AvgIpc) is 3.20. The van der Waals surface area contributed by atoms with Crippen molar-refractivity contribution in [2.24, 2.45) is 0 Å². The van der Waals surface area contributed by atoms with Gasteiger partial charge in [0.2, 0.25) is 11.2 Å². The highest BCUT2D eigenvalue weighted by Crippen LogP contribution is 2.29. The maximum atomic E-state index is 12.9. The van der Waals surface area contributed by atoms with E-state index in [4.69, 9.17) is 16.3 Å². The van der Waals surface area contributed by atoms with Gasteiger partial charge in [0, 0.05) is 13.1 Å². The van der Waals surface area contributed by atoms with E-state index in [-0.39, 0.29) is 41.7 Å². The molecular formula is C22H25ClF3N5O4. The molecule has 2 aromatic heterocycles. The van der Waals surface area contributed by atoms with E-state index in [9.17, 15) is 27.6 Å². The highest BCUT2D eigenvalue weighted by atomic mass is 35.5. The molecule has 0 fully saturated rings. The molecule has 0 aliphatic carbocycles. The SMILES string of the molecule is CCCCCn1c(=O)n(CCOCC(=O)NCc2cccc(C(F)(F)F)c2)c(=O)c2[nH]c(Cl)nc21. The number of aromatic nitrogens is 4. The highest BCUT2D eigenvalue weighted by Gasteiger charge is 2.30. The summed E-state index contributed by atoms with van der Waals surface area (Å²) < 4.78 is 46.0. The molecule has 0 radical (unpaired) electrons. The Kier molecular flexibility index (Phi) is 8.73. The third-order valence-corrected chi connectivity index (χ3v) is 5.43. The number of rotatable bonds is 11. The quantitative estimate of drug-likeness (QED) is 0.301. The van der Waals surface area contributed by atoms with Crippen LogP contribution in [-0.2, 0) is 35.3 Å². The summed E-state index contributed by atoms with van der Waals surface area (Å²) in [6.07, 6.45) is -1.91. The predicted octanol–water partition coefficient (Wildman–Crippen LogP) is 3.08. The van der Waals surface area contributed by atoms with Crippen LogP contribution in [0.25, 0.3) is 11.2 Å². The van der Waals surface area contributed by atoms with E-state index in [1.165, 1.54) is 16.7 Å². The van der Waals surface area contributed by atoms with Crippen LogP contribution in [0, 0.1) is 0 Å². The number of nitrogens with zero attached hydrogens (tertiary/aromatic N) is 3. The Morgan fingerprint density at radius 1 is 1.20 bits per heavy atom. The number of alkyl halides is 3. The number of hydrogen-bond acceptors (Lipinski definition) is 5. The van der Waals surface area contributed by atoms with Crippen LogP contribution < -0.4 is 16.6 Å². The summed E-state index contributed by atoms with van der Waals surface area (Å²) in [5.74, 6) is -0.553. The first-order valence-corrected chi connectivity index (χ1v) is 11.4. The molecular weight excluding hydrogens is 491 g/mol. The second-order valence-corrected chi connectivity index (χ2v) is 8.21. The summed E-state index contributed by atoms with van der Waals surface area (Å²) in [5, 5.41) is 2.46. The number of hydrogen-bond donors (Lipinski definition) is 2. The Labute approximate surface area is 202 Å². The van der Waals surface area contributed by atoms with E-state index in [0.29, 0.717) is 6.54 Å². The summed E-state index contributed by atoms with van der Waals surface area (Å²) in [7, 11) is 0. The molecule has 13 heteroatoms. The van der Waals surface area contributed by atoms with Crippen molar-refractivity contribution in [1.82, 2.24) is 24.4 Å². The summed E-state index contributed by atoms with van der Waals surface area (Å²) in [5.41, 5.74) is -1.39. The van der Waals surface area contributed by atoms with E-state index in [0.717, 1.165) is 36.0 Å². The van der Waals surface area contributed by atoms with Gasteiger partial charge in [0.15, 0.2) is 11.2 Å². The van der Waals surface area contributed by atoms with Gasteiger partial charge >= 0.3 is 11.9 Å². The molecule has 0 saturated carbocycles. The maximum absolute atomic E-state index is 12.9. The van der Waals surface area contributed by atoms with Gasteiger partial charge in [-0.2, -0.15) is 18.2 Å². The molecule has 1 aromatic carbocycles. The molecule has 0 spiro atoms. The molecule has 9 nitrogen and oxygen atoms in total. The van der Waals surface area contributed by atoms with Crippen LogP contribution in [0.1, 0.15) is 37.3 Å². The number of unbranched alkanes of at least 4 members (excludes halogenated alkanes) is 2. The van der Waals surface area contributed by atoms with Crippen LogP contribution >= 0.6 is 11.6 Å². The lowest BCUT2D eigenvalue weighted by atomic mass is 10.1. The number of aryl methyl sites for hydroxylation is 1.